The van der Waals surface area contributed by atoms with Crippen molar-refractivity contribution in [1.29, 1.82) is 0 Å². The van der Waals surface area contributed by atoms with Crippen molar-refractivity contribution in [3.05, 3.63) is 35.9 Å². The van der Waals surface area contributed by atoms with E-state index in [0.717, 1.165) is 5.56 Å². The molecule has 2 atom stereocenters. The Bertz CT molecular complexity index is 461. The first-order chi connectivity index (χ1) is 10.0. The van der Waals surface area contributed by atoms with Crippen LogP contribution >= 0.6 is 0 Å². The zero-order valence-electron chi connectivity index (χ0n) is 13.0. The van der Waals surface area contributed by atoms with Crippen LogP contribution in [0.3, 0.4) is 0 Å². The number of amides is 1. The van der Waals surface area contributed by atoms with Gasteiger partial charge in [-0.2, -0.15) is 0 Å². The van der Waals surface area contributed by atoms with Crippen molar-refractivity contribution >= 4 is 11.9 Å². The maximum absolute atomic E-state index is 12.3. The molecule has 0 aliphatic heterocycles. The van der Waals surface area contributed by atoms with Crippen LogP contribution in [0, 0.1) is 5.92 Å². The van der Waals surface area contributed by atoms with E-state index in [1.165, 1.54) is 14.2 Å². The van der Waals surface area contributed by atoms with E-state index in [4.69, 9.17) is 9.47 Å². The van der Waals surface area contributed by atoms with Gasteiger partial charge in [0.2, 0.25) is 5.91 Å². The van der Waals surface area contributed by atoms with Crippen LogP contribution in [-0.4, -0.2) is 44.1 Å². The van der Waals surface area contributed by atoms with E-state index in [2.05, 4.69) is 0 Å². The average Bonchev–Trinajstić information content (AvgIpc) is 2.51. The molecule has 0 saturated carbocycles. The van der Waals surface area contributed by atoms with Gasteiger partial charge in [0.25, 0.3) is 0 Å². The molecular weight excluding hydrogens is 270 g/mol. The Morgan fingerprint density at radius 1 is 1.14 bits per heavy atom. The van der Waals surface area contributed by atoms with Crippen LogP contribution in [0.2, 0.25) is 0 Å². The highest BCUT2D eigenvalue weighted by Crippen LogP contribution is 2.21. The Morgan fingerprint density at radius 3 is 2.29 bits per heavy atom. The lowest BCUT2D eigenvalue weighted by atomic mass is 10.0. The van der Waals surface area contributed by atoms with Gasteiger partial charge in [0.1, 0.15) is 6.61 Å². The molecule has 1 amide bonds. The van der Waals surface area contributed by atoms with Crippen molar-refractivity contribution in [2.24, 2.45) is 5.92 Å². The molecule has 0 heterocycles. The number of hydrogen-bond acceptors (Lipinski definition) is 4. The predicted octanol–water partition coefficient (Wildman–Crippen LogP) is 2.03. The molecule has 2 unspecified atom stereocenters. The predicted molar refractivity (Wildman–Crippen MR) is 79.6 cm³/mol. The van der Waals surface area contributed by atoms with Crippen molar-refractivity contribution in [3.63, 3.8) is 0 Å². The van der Waals surface area contributed by atoms with Crippen LogP contribution in [-0.2, 0) is 19.1 Å². The third-order valence-corrected chi connectivity index (χ3v) is 3.41. The molecule has 0 aromatic heterocycles. The molecule has 0 aliphatic rings. The number of ether oxygens (including phenoxy) is 2. The largest absolute Gasteiger partial charge is 0.469 e. The first-order valence-electron chi connectivity index (χ1n) is 6.92. The van der Waals surface area contributed by atoms with Crippen LogP contribution in [0.1, 0.15) is 25.5 Å². The maximum atomic E-state index is 12.3. The van der Waals surface area contributed by atoms with Crippen molar-refractivity contribution in [2.45, 2.75) is 19.9 Å². The molecule has 0 radical (unpaired) electrons. The van der Waals surface area contributed by atoms with Gasteiger partial charge in [-0.3, -0.25) is 9.59 Å². The molecule has 116 valence electrons. The van der Waals surface area contributed by atoms with Crippen molar-refractivity contribution < 1.29 is 19.1 Å². The first kappa shape index (κ1) is 17.2. The molecule has 1 rings (SSSR count). The summed E-state index contributed by atoms with van der Waals surface area (Å²) in [5, 5.41) is 0. The number of carbonyl (C=O) groups excluding carboxylic acids is 2. The molecule has 0 saturated heterocycles. The summed E-state index contributed by atoms with van der Waals surface area (Å²) in [5.74, 6) is -0.864. The smallest absolute Gasteiger partial charge is 0.310 e. The molecule has 5 heteroatoms. The van der Waals surface area contributed by atoms with Gasteiger partial charge >= 0.3 is 5.97 Å². The van der Waals surface area contributed by atoms with Gasteiger partial charge in [-0.1, -0.05) is 37.3 Å². The quantitative estimate of drug-likeness (QED) is 0.722. The summed E-state index contributed by atoms with van der Waals surface area (Å²) < 4.78 is 9.66. The summed E-state index contributed by atoms with van der Waals surface area (Å²) in [4.78, 5) is 25.5. The summed E-state index contributed by atoms with van der Waals surface area (Å²) in [7, 11) is 2.83. The third-order valence-electron chi connectivity index (χ3n) is 3.41. The lowest BCUT2D eigenvalue weighted by Crippen LogP contribution is -2.40. The fourth-order valence-corrected chi connectivity index (χ4v) is 2.16. The monoisotopic (exact) mass is 293 g/mol. The second kappa shape index (κ2) is 8.42. The van der Waals surface area contributed by atoms with Gasteiger partial charge in [-0.15, -0.1) is 0 Å². The number of methoxy groups -OCH3 is 2. The molecule has 0 spiro atoms. The molecule has 0 bridgehead atoms. The molecule has 0 fully saturated rings. The van der Waals surface area contributed by atoms with Crippen molar-refractivity contribution in [2.75, 3.05) is 27.4 Å². The normalized spacial score (nSPS) is 13.3. The lowest BCUT2D eigenvalue weighted by Gasteiger charge is -2.31. The minimum Gasteiger partial charge on any atom is -0.469 e. The highest BCUT2D eigenvalue weighted by molar-refractivity contribution is 5.79. The van der Waals surface area contributed by atoms with Gasteiger partial charge in [0.15, 0.2) is 0 Å². The molecule has 5 nitrogen and oxygen atoms in total. The fourth-order valence-electron chi connectivity index (χ4n) is 2.16. The number of hydrogen-bond donors (Lipinski definition) is 0. The summed E-state index contributed by atoms with van der Waals surface area (Å²) in [6.45, 7) is 3.97. The van der Waals surface area contributed by atoms with Crippen LogP contribution in [0.15, 0.2) is 30.3 Å². The molecule has 0 aliphatic carbocycles. The molecule has 21 heavy (non-hydrogen) atoms. The number of benzene rings is 1. The summed E-state index contributed by atoms with van der Waals surface area (Å²) >= 11 is 0. The zero-order chi connectivity index (χ0) is 15.8. The van der Waals surface area contributed by atoms with E-state index in [1.807, 2.05) is 37.3 Å². The van der Waals surface area contributed by atoms with E-state index in [0.29, 0.717) is 6.54 Å². The maximum Gasteiger partial charge on any atom is 0.310 e. The number of esters is 1. The van der Waals surface area contributed by atoms with Crippen LogP contribution in [0.25, 0.3) is 0 Å². The molecular formula is C16H23NO4. The van der Waals surface area contributed by atoms with Gasteiger partial charge in [0, 0.05) is 13.7 Å². The minimum atomic E-state index is -0.387. The lowest BCUT2D eigenvalue weighted by molar-refractivity contribution is -0.147. The van der Waals surface area contributed by atoms with E-state index in [1.54, 1.807) is 11.8 Å². The number of rotatable bonds is 7. The van der Waals surface area contributed by atoms with Crippen LogP contribution in [0.5, 0.6) is 0 Å². The second-order valence-corrected chi connectivity index (χ2v) is 4.99. The zero-order valence-corrected chi connectivity index (χ0v) is 13.0. The van der Waals surface area contributed by atoms with Gasteiger partial charge < -0.3 is 14.4 Å². The van der Waals surface area contributed by atoms with Crippen molar-refractivity contribution in [3.8, 4) is 0 Å². The topological polar surface area (TPSA) is 55.8 Å². The molecule has 1 aromatic carbocycles. The SMILES string of the molecule is COCC(=O)N(CC(C)C(=O)OC)C(C)c1ccccc1. The van der Waals surface area contributed by atoms with Crippen molar-refractivity contribution in [1.82, 2.24) is 4.90 Å². The standard InChI is InChI=1S/C16H23NO4/c1-12(16(19)21-4)10-17(15(18)11-20-3)13(2)14-8-6-5-7-9-14/h5-9,12-13H,10-11H2,1-4H3. The highest BCUT2D eigenvalue weighted by atomic mass is 16.5. The third kappa shape index (κ3) is 4.86. The second-order valence-electron chi connectivity index (χ2n) is 4.99. The number of nitrogens with zero attached hydrogens (tertiary/aromatic N) is 1. The van der Waals surface area contributed by atoms with E-state index >= 15 is 0 Å². The Hall–Kier alpha value is -1.88. The first-order valence-corrected chi connectivity index (χ1v) is 6.92. The summed E-state index contributed by atoms with van der Waals surface area (Å²) in [6, 6.07) is 9.56. The Kier molecular flexibility index (Phi) is 6.88. The van der Waals surface area contributed by atoms with E-state index < -0.39 is 0 Å². The van der Waals surface area contributed by atoms with Gasteiger partial charge in [-0.25, -0.2) is 0 Å². The Morgan fingerprint density at radius 2 is 1.76 bits per heavy atom. The summed E-state index contributed by atoms with van der Waals surface area (Å²) in [5.41, 5.74) is 1.01. The average molecular weight is 293 g/mol. The highest BCUT2D eigenvalue weighted by Gasteiger charge is 2.26. The van der Waals surface area contributed by atoms with Gasteiger partial charge in [0.05, 0.1) is 19.1 Å². The van der Waals surface area contributed by atoms with Gasteiger partial charge in [-0.05, 0) is 12.5 Å². The minimum absolute atomic E-state index is 0.00886. The van der Waals surface area contributed by atoms with E-state index in [-0.39, 0.29) is 30.4 Å². The van der Waals surface area contributed by atoms with Crippen LogP contribution < -0.4 is 0 Å². The van der Waals surface area contributed by atoms with Crippen LogP contribution in [0.4, 0.5) is 0 Å². The van der Waals surface area contributed by atoms with E-state index in [9.17, 15) is 9.59 Å². The summed E-state index contributed by atoms with van der Waals surface area (Å²) in [6.07, 6.45) is 0. The Balaban J connectivity index is 2.91. The molecule has 1 aromatic rings. The Labute approximate surface area is 125 Å². The fraction of sp³-hybridized carbons (Fsp3) is 0.500. The molecule has 0 N–H and O–H groups in total. The number of carbonyl (C=O) groups is 2.